The SMILES string of the molecule is COc1ccc(Nc2ccc(Br)cn2)cn1. The highest BCUT2D eigenvalue weighted by molar-refractivity contribution is 9.10. The number of rotatable bonds is 3. The van der Waals surface area contributed by atoms with E-state index in [9.17, 15) is 0 Å². The van der Waals surface area contributed by atoms with Crippen LogP contribution in [0.15, 0.2) is 41.1 Å². The summed E-state index contributed by atoms with van der Waals surface area (Å²) < 4.78 is 5.92. The molecule has 2 aromatic heterocycles. The average molecular weight is 280 g/mol. The number of hydrogen-bond acceptors (Lipinski definition) is 4. The third kappa shape index (κ3) is 2.70. The maximum atomic E-state index is 4.97. The monoisotopic (exact) mass is 279 g/mol. The van der Waals surface area contributed by atoms with Crippen molar-refractivity contribution in [2.75, 3.05) is 12.4 Å². The lowest BCUT2D eigenvalue weighted by atomic mass is 10.4. The van der Waals surface area contributed by atoms with E-state index in [1.807, 2.05) is 18.2 Å². The van der Waals surface area contributed by atoms with Gasteiger partial charge in [-0.25, -0.2) is 9.97 Å². The first-order valence-corrected chi connectivity index (χ1v) is 5.46. The molecule has 0 saturated carbocycles. The van der Waals surface area contributed by atoms with Crippen LogP contribution in [-0.2, 0) is 0 Å². The molecule has 0 spiro atoms. The molecule has 0 amide bonds. The zero-order chi connectivity index (χ0) is 11.4. The molecule has 0 atom stereocenters. The van der Waals surface area contributed by atoms with Gasteiger partial charge in [0, 0.05) is 16.7 Å². The van der Waals surface area contributed by atoms with Gasteiger partial charge in [0.2, 0.25) is 5.88 Å². The maximum Gasteiger partial charge on any atom is 0.213 e. The zero-order valence-electron chi connectivity index (χ0n) is 8.64. The molecule has 0 fully saturated rings. The summed E-state index contributed by atoms with van der Waals surface area (Å²) in [4.78, 5) is 8.29. The first kappa shape index (κ1) is 10.9. The van der Waals surface area contributed by atoms with Crippen molar-refractivity contribution in [1.82, 2.24) is 9.97 Å². The highest BCUT2D eigenvalue weighted by Gasteiger charge is 1.97. The molecule has 2 aromatic rings. The molecule has 82 valence electrons. The normalized spacial score (nSPS) is 9.88. The van der Waals surface area contributed by atoms with Gasteiger partial charge in [-0.3, -0.25) is 0 Å². The van der Waals surface area contributed by atoms with Gasteiger partial charge < -0.3 is 10.1 Å². The van der Waals surface area contributed by atoms with E-state index in [2.05, 4.69) is 31.2 Å². The van der Waals surface area contributed by atoms with E-state index in [-0.39, 0.29) is 0 Å². The number of halogens is 1. The Morgan fingerprint density at radius 1 is 1.12 bits per heavy atom. The van der Waals surface area contributed by atoms with Crippen molar-refractivity contribution in [2.24, 2.45) is 0 Å². The molecule has 0 aliphatic rings. The molecule has 2 rings (SSSR count). The first-order valence-electron chi connectivity index (χ1n) is 4.66. The van der Waals surface area contributed by atoms with E-state index in [0.29, 0.717) is 5.88 Å². The molecule has 16 heavy (non-hydrogen) atoms. The Balaban J connectivity index is 2.11. The molecular formula is C11H10BrN3O. The Kier molecular flexibility index (Phi) is 3.36. The Labute approximate surface area is 102 Å². The fraction of sp³-hybridized carbons (Fsp3) is 0.0909. The van der Waals surface area contributed by atoms with E-state index in [4.69, 9.17) is 4.74 Å². The molecule has 0 aliphatic carbocycles. The standard InChI is InChI=1S/C11H10BrN3O/c1-16-11-5-3-9(7-14-11)15-10-4-2-8(12)6-13-10/h2-7H,1H3,(H,13,15). The average Bonchev–Trinajstić information content (AvgIpc) is 2.33. The fourth-order valence-electron chi connectivity index (χ4n) is 1.17. The van der Waals surface area contributed by atoms with Gasteiger partial charge in [0.15, 0.2) is 0 Å². The van der Waals surface area contributed by atoms with Crippen LogP contribution in [-0.4, -0.2) is 17.1 Å². The van der Waals surface area contributed by atoms with Gasteiger partial charge in [-0.05, 0) is 34.1 Å². The van der Waals surface area contributed by atoms with E-state index in [0.717, 1.165) is 16.0 Å². The van der Waals surface area contributed by atoms with Crippen LogP contribution in [0.2, 0.25) is 0 Å². The second-order valence-corrected chi connectivity index (χ2v) is 3.99. The number of hydrogen-bond donors (Lipinski definition) is 1. The summed E-state index contributed by atoms with van der Waals surface area (Å²) >= 11 is 3.33. The second-order valence-electron chi connectivity index (χ2n) is 3.08. The molecule has 0 aliphatic heterocycles. The number of nitrogens with one attached hydrogen (secondary N) is 1. The van der Waals surface area contributed by atoms with Crippen LogP contribution in [0, 0.1) is 0 Å². The number of pyridine rings is 2. The highest BCUT2D eigenvalue weighted by Crippen LogP contribution is 2.17. The molecule has 0 radical (unpaired) electrons. The molecule has 5 heteroatoms. The predicted molar refractivity (Wildman–Crippen MR) is 66.0 cm³/mol. The van der Waals surface area contributed by atoms with Crippen molar-refractivity contribution in [2.45, 2.75) is 0 Å². The van der Waals surface area contributed by atoms with Crippen molar-refractivity contribution < 1.29 is 4.74 Å². The summed E-state index contributed by atoms with van der Waals surface area (Å²) in [5, 5.41) is 3.13. The van der Waals surface area contributed by atoms with Gasteiger partial charge in [0.1, 0.15) is 5.82 Å². The topological polar surface area (TPSA) is 47.0 Å². The number of anilines is 2. The number of nitrogens with zero attached hydrogens (tertiary/aromatic N) is 2. The van der Waals surface area contributed by atoms with Gasteiger partial charge in [0.25, 0.3) is 0 Å². The van der Waals surface area contributed by atoms with Crippen LogP contribution >= 0.6 is 15.9 Å². The van der Waals surface area contributed by atoms with Crippen LogP contribution in [0.3, 0.4) is 0 Å². The molecule has 2 heterocycles. The number of aromatic nitrogens is 2. The van der Waals surface area contributed by atoms with Crippen molar-refractivity contribution >= 4 is 27.4 Å². The minimum Gasteiger partial charge on any atom is -0.481 e. The molecule has 0 aromatic carbocycles. The van der Waals surface area contributed by atoms with Crippen molar-refractivity contribution in [3.8, 4) is 5.88 Å². The van der Waals surface area contributed by atoms with E-state index < -0.39 is 0 Å². The molecule has 0 unspecified atom stereocenters. The van der Waals surface area contributed by atoms with E-state index in [1.54, 1.807) is 25.6 Å². The van der Waals surface area contributed by atoms with Crippen LogP contribution in [0.1, 0.15) is 0 Å². The zero-order valence-corrected chi connectivity index (χ0v) is 10.2. The fourth-order valence-corrected chi connectivity index (χ4v) is 1.41. The predicted octanol–water partition coefficient (Wildman–Crippen LogP) is 2.99. The summed E-state index contributed by atoms with van der Waals surface area (Å²) in [6, 6.07) is 7.48. The van der Waals surface area contributed by atoms with Gasteiger partial charge in [-0.15, -0.1) is 0 Å². The van der Waals surface area contributed by atoms with Crippen LogP contribution < -0.4 is 10.1 Å². The number of methoxy groups -OCH3 is 1. The van der Waals surface area contributed by atoms with Crippen molar-refractivity contribution in [1.29, 1.82) is 0 Å². The molecule has 0 bridgehead atoms. The van der Waals surface area contributed by atoms with Gasteiger partial charge in [-0.1, -0.05) is 0 Å². The molecule has 0 saturated heterocycles. The van der Waals surface area contributed by atoms with Crippen LogP contribution in [0.5, 0.6) is 5.88 Å². The lowest BCUT2D eigenvalue weighted by Crippen LogP contribution is -1.94. The largest absolute Gasteiger partial charge is 0.481 e. The second kappa shape index (κ2) is 4.94. The first-order chi connectivity index (χ1) is 7.78. The lowest BCUT2D eigenvalue weighted by molar-refractivity contribution is 0.398. The Hall–Kier alpha value is -1.62. The quantitative estimate of drug-likeness (QED) is 0.938. The van der Waals surface area contributed by atoms with Gasteiger partial charge in [0.05, 0.1) is 19.0 Å². The Morgan fingerprint density at radius 2 is 2.00 bits per heavy atom. The van der Waals surface area contributed by atoms with Gasteiger partial charge >= 0.3 is 0 Å². The minimum atomic E-state index is 0.592. The van der Waals surface area contributed by atoms with E-state index >= 15 is 0 Å². The van der Waals surface area contributed by atoms with Crippen LogP contribution in [0.4, 0.5) is 11.5 Å². The highest BCUT2D eigenvalue weighted by atomic mass is 79.9. The third-order valence-electron chi connectivity index (χ3n) is 1.95. The van der Waals surface area contributed by atoms with Crippen molar-refractivity contribution in [3.05, 3.63) is 41.1 Å². The summed E-state index contributed by atoms with van der Waals surface area (Å²) in [6.07, 6.45) is 3.43. The lowest BCUT2D eigenvalue weighted by Gasteiger charge is -2.05. The maximum absolute atomic E-state index is 4.97. The summed E-state index contributed by atoms with van der Waals surface area (Å²) in [5.41, 5.74) is 0.871. The smallest absolute Gasteiger partial charge is 0.213 e. The Bertz CT molecular complexity index is 456. The Morgan fingerprint density at radius 3 is 2.56 bits per heavy atom. The summed E-state index contributed by atoms with van der Waals surface area (Å²) in [6.45, 7) is 0. The summed E-state index contributed by atoms with van der Waals surface area (Å²) in [7, 11) is 1.59. The number of ether oxygens (including phenoxy) is 1. The molecule has 4 nitrogen and oxygen atoms in total. The minimum absolute atomic E-state index is 0.592. The molecular weight excluding hydrogens is 270 g/mol. The summed E-state index contributed by atoms with van der Waals surface area (Å²) in [5.74, 6) is 1.37. The van der Waals surface area contributed by atoms with Crippen LogP contribution in [0.25, 0.3) is 0 Å². The third-order valence-corrected chi connectivity index (χ3v) is 2.41. The van der Waals surface area contributed by atoms with Gasteiger partial charge in [-0.2, -0.15) is 0 Å². The van der Waals surface area contributed by atoms with Crippen molar-refractivity contribution in [3.63, 3.8) is 0 Å². The van der Waals surface area contributed by atoms with E-state index in [1.165, 1.54) is 0 Å². The molecule has 1 N–H and O–H groups in total.